The molecule has 0 aliphatic carbocycles. The van der Waals surface area contributed by atoms with Crippen molar-refractivity contribution in [1.29, 1.82) is 0 Å². The number of ether oxygens (including phenoxy) is 1. The molecule has 0 fully saturated rings. The van der Waals surface area contributed by atoms with Crippen molar-refractivity contribution < 1.29 is 18.8 Å². The van der Waals surface area contributed by atoms with Crippen LogP contribution in [0.15, 0.2) is 48.5 Å². The number of nitro groups is 1. The number of methoxy groups -OCH3 is 1. The van der Waals surface area contributed by atoms with Gasteiger partial charge in [-0.05, 0) is 17.7 Å². The fourth-order valence-corrected chi connectivity index (χ4v) is 2.51. The van der Waals surface area contributed by atoms with E-state index >= 15 is 0 Å². The Morgan fingerprint density at radius 2 is 1.92 bits per heavy atom. The zero-order chi connectivity index (χ0) is 18.4. The molecule has 2 aromatic rings. The van der Waals surface area contributed by atoms with Gasteiger partial charge in [0.15, 0.2) is 0 Å². The second-order valence-electron chi connectivity index (χ2n) is 5.16. The van der Waals surface area contributed by atoms with Gasteiger partial charge in [0.05, 0.1) is 12.0 Å². The van der Waals surface area contributed by atoms with Gasteiger partial charge in [-0.2, -0.15) is 0 Å². The Bertz CT molecular complexity index is 795. The molecule has 6 nitrogen and oxygen atoms in total. The Kier molecular flexibility index (Phi) is 6.13. The number of nitrogens with one attached hydrogen (secondary N) is 1. The summed E-state index contributed by atoms with van der Waals surface area (Å²) in [6.07, 6.45) is 0.180. The molecule has 2 aromatic carbocycles. The number of hydrogen-bond acceptors (Lipinski definition) is 5. The molecule has 1 unspecified atom stereocenters. The Morgan fingerprint density at radius 3 is 2.48 bits per heavy atom. The van der Waals surface area contributed by atoms with Gasteiger partial charge in [-0.3, -0.25) is 10.1 Å². The van der Waals surface area contributed by atoms with Gasteiger partial charge in [0.2, 0.25) is 0 Å². The third kappa shape index (κ3) is 4.80. The molecular formula is C17H15FN2O4S. The number of hydrogen-bond donors (Lipinski definition) is 1. The summed E-state index contributed by atoms with van der Waals surface area (Å²) in [6.45, 7) is 0. The van der Waals surface area contributed by atoms with Crippen LogP contribution in [0.2, 0.25) is 0 Å². The highest BCUT2D eigenvalue weighted by atomic mass is 32.1. The maximum Gasteiger partial charge on any atom is 0.328 e. The number of nitro benzene ring substituents is 1. The van der Waals surface area contributed by atoms with Crippen LogP contribution in [0.25, 0.3) is 0 Å². The third-order valence-corrected chi connectivity index (χ3v) is 3.83. The van der Waals surface area contributed by atoms with Crippen molar-refractivity contribution in [2.24, 2.45) is 0 Å². The van der Waals surface area contributed by atoms with Crippen molar-refractivity contribution in [2.75, 3.05) is 7.11 Å². The zero-order valence-electron chi connectivity index (χ0n) is 13.3. The molecule has 2 rings (SSSR count). The lowest BCUT2D eigenvalue weighted by Crippen LogP contribution is -2.42. The Morgan fingerprint density at radius 1 is 1.28 bits per heavy atom. The van der Waals surface area contributed by atoms with E-state index < -0.39 is 22.8 Å². The topological polar surface area (TPSA) is 81.5 Å². The molecule has 1 atom stereocenters. The smallest absolute Gasteiger partial charge is 0.328 e. The molecule has 0 saturated heterocycles. The van der Waals surface area contributed by atoms with Gasteiger partial charge in [0.1, 0.15) is 16.8 Å². The molecule has 0 heterocycles. The monoisotopic (exact) mass is 362 g/mol. The summed E-state index contributed by atoms with van der Waals surface area (Å²) in [4.78, 5) is 22.3. The van der Waals surface area contributed by atoms with Crippen LogP contribution in [0.3, 0.4) is 0 Å². The van der Waals surface area contributed by atoms with E-state index in [-0.39, 0.29) is 22.7 Å². The lowest BCUT2D eigenvalue weighted by molar-refractivity contribution is -0.384. The number of carbonyl (C=O) groups excluding carboxylic acids is 1. The van der Waals surface area contributed by atoms with Gasteiger partial charge in [-0.25, -0.2) is 9.18 Å². The van der Waals surface area contributed by atoms with E-state index in [0.29, 0.717) is 5.56 Å². The van der Waals surface area contributed by atoms with Gasteiger partial charge in [-0.15, -0.1) is 0 Å². The zero-order valence-corrected chi connectivity index (χ0v) is 14.1. The second-order valence-corrected chi connectivity index (χ2v) is 5.56. The van der Waals surface area contributed by atoms with E-state index in [9.17, 15) is 19.3 Å². The number of esters is 1. The van der Waals surface area contributed by atoms with E-state index in [1.165, 1.54) is 37.4 Å². The number of thiocarbonyl (C=S) groups is 1. The minimum atomic E-state index is -0.849. The lowest BCUT2D eigenvalue weighted by atomic mass is 10.0. The van der Waals surface area contributed by atoms with Crippen LogP contribution in [0.5, 0.6) is 0 Å². The first kappa shape index (κ1) is 18.5. The van der Waals surface area contributed by atoms with Crippen molar-refractivity contribution in [2.45, 2.75) is 12.5 Å². The molecule has 0 radical (unpaired) electrons. The molecule has 0 saturated carbocycles. The number of non-ortho nitro benzene ring substituents is 1. The predicted octanol–water partition coefficient (Wildman–Crippen LogP) is 2.78. The highest BCUT2D eigenvalue weighted by molar-refractivity contribution is 7.80. The van der Waals surface area contributed by atoms with Gasteiger partial charge < -0.3 is 10.1 Å². The van der Waals surface area contributed by atoms with E-state index in [1.54, 1.807) is 18.2 Å². The Hall–Kier alpha value is -2.87. The number of halogens is 1. The summed E-state index contributed by atoms with van der Waals surface area (Å²) in [6, 6.07) is 10.9. The molecular weight excluding hydrogens is 347 g/mol. The van der Waals surface area contributed by atoms with Crippen molar-refractivity contribution in [3.05, 3.63) is 75.6 Å². The first-order chi connectivity index (χ1) is 11.9. The minimum absolute atomic E-state index is 0.0480. The van der Waals surface area contributed by atoms with Crippen molar-refractivity contribution >= 4 is 28.9 Å². The van der Waals surface area contributed by atoms with Crippen LogP contribution in [-0.2, 0) is 16.0 Å². The van der Waals surface area contributed by atoms with Gasteiger partial charge in [-0.1, -0.05) is 36.5 Å². The lowest BCUT2D eigenvalue weighted by Gasteiger charge is -2.18. The summed E-state index contributed by atoms with van der Waals surface area (Å²) in [7, 11) is 1.24. The van der Waals surface area contributed by atoms with E-state index in [0.717, 1.165) is 0 Å². The molecule has 8 heteroatoms. The molecule has 0 spiro atoms. The molecule has 25 heavy (non-hydrogen) atoms. The van der Waals surface area contributed by atoms with Crippen molar-refractivity contribution in [3.8, 4) is 0 Å². The summed E-state index contributed by atoms with van der Waals surface area (Å²) >= 11 is 5.17. The molecule has 0 aliphatic heterocycles. The van der Waals surface area contributed by atoms with Crippen LogP contribution < -0.4 is 5.32 Å². The molecule has 0 amide bonds. The number of nitrogens with zero attached hydrogens (tertiary/aromatic N) is 1. The highest BCUT2D eigenvalue weighted by Gasteiger charge is 2.22. The SMILES string of the molecule is COC(=O)C(Cc1ccc([N+](=O)[O-])cc1)NC(=S)c1ccccc1F. The van der Waals surface area contributed by atoms with Crippen LogP contribution in [-0.4, -0.2) is 29.0 Å². The summed E-state index contributed by atoms with van der Waals surface area (Å²) in [5, 5.41) is 13.5. The summed E-state index contributed by atoms with van der Waals surface area (Å²) in [5.74, 6) is -1.07. The minimum Gasteiger partial charge on any atom is -0.467 e. The Labute approximate surface area is 148 Å². The third-order valence-electron chi connectivity index (χ3n) is 3.50. The average molecular weight is 362 g/mol. The molecule has 0 aliphatic rings. The first-order valence-electron chi connectivity index (χ1n) is 7.29. The average Bonchev–Trinajstić information content (AvgIpc) is 2.61. The van der Waals surface area contributed by atoms with Crippen LogP contribution >= 0.6 is 12.2 Å². The highest BCUT2D eigenvalue weighted by Crippen LogP contribution is 2.14. The predicted molar refractivity (Wildman–Crippen MR) is 93.8 cm³/mol. The number of carbonyl (C=O) groups is 1. The van der Waals surface area contributed by atoms with E-state index in [4.69, 9.17) is 17.0 Å². The fourth-order valence-electron chi connectivity index (χ4n) is 2.21. The maximum atomic E-state index is 13.8. The van der Waals surface area contributed by atoms with Gasteiger partial charge in [0, 0.05) is 24.1 Å². The maximum absolute atomic E-state index is 13.8. The van der Waals surface area contributed by atoms with Crippen LogP contribution in [0, 0.1) is 15.9 Å². The summed E-state index contributed by atoms with van der Waals surface area (Å²) in [5.41, 5.74) is 0.799. The van der Waals surface area contributed by atoms with Gasteiger partial charge >= 0.3 is 5.97 Å². The van der Waals surface area contributed by atoms with Crippen molar-refractivity contribution in [1.82, 2.24) is 5.32 Å². The summed E-state index contributed by atoms with van der Waals surface area (Å²) < 4.78 is 18.6. The van der Waals surface area contributed by atoms with Gasteiger partial charge in [0.25, 0.3) is 5.69 Å². The van der Waals surface area contributed by atoms with E-state index in [2.05, 4.69) is 5.32 Å². The number of benzene rings is 2. The normalized spacial score (nSPS) is 11.4. The molecule has 0 aromatic heterocycles. The molecule has 0 bridgehead atoms. The van der Waals surface area contributed by atoms with Crippen LogP contribution in [0.1, 0.15) is 11.1 Å². The fraction of sp³-hybridized carbons (Fsp3) is 0.176. The first-order valence-corrected chi connectivity index (χ1v) is 7.69. The Balaban J connectivity index is 2.16. The number of rotatable bonds is 6. The van der Waals surface area contributed by atoms with Crippen molar-refractivity contribution in [3.63, 3.8) is 0 Å². The van der Waals surface area contributed by atoms with Crippen LogP contribution in [0.4, 0.5) is 10.1 Å². The standard InChI is InChI=1S/C17H15FN2O4S/c1-24-17(21)15(10-11-6-8-12(9-7-11)20(22)23)19-16(25)13-4-2-3-5-14(13)18/h2-9,15H,10H2,1H3,(H,19,25). The second kappa shape index (κ2) is 8.29. The largest absolute Gasteiger partial charge is 0.467 e. The quantitative estimate of drug-likeness (QED) is 0.368. The molecule has 130 valence electrons. The van der Waals surface area contributed by atoms with E-state index in [1.807, 2.05) is 0 Å². The molecule has 1 N–H and O–H groups in total.